The number of rotatable bonds is 3. The fraction of sp³-hybridized carbons (Fsp3) is 0.462. The van der Waals surface area contributed by atoms with E-state index in [1.165, 1.54) is 0 Å². The summed E-state index contributed by atoms with van der Waals surface area (Å²) in [5.74, 6) is -0.0943. The van der Waals surface area contributed by atoms with Crippen LogP contribution < -0.4 is 4.72 Å². The number of halogens is 2. The summed E-state index contributed by atoms with van der Waals surface area (Å²) in [7, 11) is -3.26. The first kappa shape index (κ1) is 16.9. The van der Waals surface area contributed by atoms with Gasteiger partial charge in [-0.3, -0.25) is 4.79 Å². The number of carbonyl (C=O) groups excluding carboxylic acids is 1. The molecule has 116 valence electrons. The minimum Gasteiger partial charge on any atom is -0.337 e. The van der Waals surface area contributed by atoms with Crippen molar-refractivity contribution in [1.29, 1.82) is 0 Å². The van der Waals surface area contributed by atoms with Crippen molar-refractivity contribution < 1.29 is 13.2 Å². The van der Waals surface area contributed by atoms with Crippen molar-refractivity contribution in [1.82, 2.24) is 9.62 Å². The zero-order chi connectivity index (χ0) is 15.6. The van der Waals surface area contributed by atoms with Crippen LogP contribution in [0.25, 0.3) is 0 Å². The normalized spacial score (nSPS) is 19.6. The second kappa shape index (κ2) is 6.76. The Morgan fingerprint density at radius 1 is 1.38 bits per heavy atom. The molecule has 1 amide bonds. The molecule has 1 saturated heterocycles. The van der Waals surface area contributed by atoms with Crippen molar-refractivity contribution in [2.75, 3.05) is 19.3 Å². The van der Waals surface area contributed by atoms with E-state index in [1.54, 1.807) is 11.0 Å². The second-order valence-corrected chi connectivity index (χ2v) is 8.65. The molecule has 1 fully saturated rings. The van der Waals surface area contributed by atoms with Gasteiger partial charge in [-0.15, -0.1) is 0 Å². The summed E-state index contributed by atoms with van der Waals surface area (Å²) >= 11 is 6.74. The van der Waals surface area contributed by atoms with Gasteiger partial charge in [-0.2, -0.15) is 0 Å². The lowest BCUT2D eigenvalue weighted by molar-refractivity contribution is 0.0702. The van der Waals surface area contributed by atoms with Crippen molar-refractivity contribution >= 4 is 47.8 Å². The highest BCUT2D eigenvalue weighted by Crippen LogP contribution is 2.24. The van der Waals surface area contributed by atoms with Gasteiger partial charge < -0.3 is 4.90 Å². The van der Waals surface area contributed by atoms with Crippen LogP contribution in [-0.4, -0.2) is 44.6 Å². The molecule has 1 N–H and O–H groups in total. The lowest BCUT2D eigenvalue weighted by atomic mass is 10.1. The minimum absolute atomic E-state index is 0.0943. The van der Waals surface area contributed by atoms with E-state index in [1.807, 2.05) is 12.1 Å². The van der Waals surface area contributed by atoms with Gasteiger partial charge in [0.05, 0.1) is 11.8 Å². The van der Waals surface area contributed by atoms with Gasteiger partial charge in [-0.25, -0.2) is 13.1 Å². The molecule has 1 atom stereocenters. The average molecular weight is 440 g/mol. The molecule has 0 radical (unpaired) electrons. The Kier molecular flexibility index (Phi) is 5.45. The summed E-state index contributed by atoms with van der Waals surface area (Å²) in [5, 5.41) is 0. The highest BCUT2D eigenvalue weighted by molar-refractivity contribution is 9.11. The van der Waals surface area contributed by atoms with Crippen LogP contribution in [0.2, 0.25) is 0 Å². The molecule has 1 unspecified atom stereocenters. The maximum Gasteiger partial charge on any atom is 0.255 e. The molecule has 0 bridgehead atoms. The molecule has 2 rings (SSSR count). The van der Waals surface area contributed by atoms with Crippen molar-refractivity contribution in [2.24, 2.45) is 0 Å². The van der Waals surface area contributed by atoms with E-state index in [2.05, 4.69) is 36.6 Å². The number of sulfonamides is 1. The maximum atomic E-state index is 12.6. The summed E-state index contributed by atoms with van der Waals surface area (Å²) in [6.45, 7) is 1.03. The van der Waals surface area contributed by atoms with Crippen LogP contribution in [-0.2, 0) is 10.0 Å². The van der Waals surface area contributed by atoms with Gasteiger partial charge in [0, 0.05) is 28.1 Å². The first-order valence-electron chi connectivity index (χ1n) is 6.48. The highest BCUT2D eigenvalue weighted by atomic mass is 79.9. The molecule has 0 spiro atoms. The van der Waals surface area contributed by atoms with E-state index >= 15 is 0 Å². The molecule has 8 heteroatoms. The Labute approximate surface area is 141 Å². The smallest absolute Gasteiger partial charge is 0.255 e. The third-order valence-corrected chi connectivity index (χ3v) is 5.19. The van der Waals surface area contributed by atoms with E-state index in [9.17, 15) is 13.2 Å². The van der Waals surface area contributed by atoms with E-state index in [0.29, 0.717) is 18.7 Å². The Morgan fingerprint density at radius 2 is 2.10 bits per heavy atom. The van der Waals surface area contributed by atoms with Crippen molar-refractivity contribution in [2.45, 2.75) is 18.9 Å². The quantitative estimate of drug-likeness (QED) is 0.786. The van der Waals surface area contributed by atoms with Gasteiger partial charge in [0.15, 0.2) is 0 Å². The Morgan fingerprint density at radius 3 is 2.76 bits per heavy atom. The third kappa shape index (κ3) is 4.77. The first-order valence-corrected chi connectivity index (χ1v) is 9.95. The van der Waals surface area contributed by atoms with Crippen LogP contribution in [0.15, 0.2) is 27.1 Å². The zero-order valence-corrected chi connectivity index (χ0v) is 15.5. The van der Waals surface area contributed by atoms with Gasteiger partial charge in [-0.05, 0) is 47.0 Å². The number of likely N-dealkylation sites (tertiary alicyclic amines) is 1. The summed E-state index contributed by atoms with van der Waals surface area (Å²) in [4.78, 5) is 14.3. The molecule has 1 aromatic carbocycles. The molecule has 0 saturated carbocycles. The largest absolute Gasteiger partial charge is 0.337 e. The van der Waals surface area contributed by atoms with E-state index in [0.717, 1.165) is 28.0 Å². The van der Waals surface area contributed by atoms with Crippen LogP contribution in [0.3, 0.4) is 0 Å². The van der Waals surface area contributed by atoms with E-state index < -0.39 is 10.0 Å². The van der Waals surface area contributed by atoms with Gasteiger partial charge in [0.25, 0.3) is 5.91 Å². The van der Waals surface area contributed by atoms with Crippen molar-refractivity contribution in [3.8, 4) is 0 Å². The van der Waals surface area contributed by atoms with Crippen molar-refractivity contribution in [3.63, 3.8) is 0 Å². The van der Waals surface area contributed by atoms with Crippen LogP contribution in [0, 0.1) is 0 Å². The predicted octanol–water partition coefficient (Wildman–Crippen LogP) is 2.37. The monoisotopic (exact) mass is 438 g/mol. The van der Waals surface area contributed by atoms with Crippen LogP contribution in [0.5, 0.6) is 0 Å². The number of piperidine rings is 1. The Bertz CT molecular complexity index is 649. The fourth-order valence-electron chi connectivity index (χ4n) is 2.39. The average Bonchev–Trinajstić information content (AvgIpc) is 2.39. The van der Waals surface area contributed by atoms with Gasteiger partial charge in [-0.1, -0.05) is 15.9 Å². The van der Waals surface area contributed by atoms with E-state index in [-0.39, 0.29) is 11.9 Å². The lowest BCUT2D eigenvalue weighted by Crippen LogP contribution is -2.49. The lowest BCUT2D eigenvalue weighted by Gasteiger charge is -2.33. The molecule has 5 nitrogen and oxygen atoms in total. The molecule has 1 aliphatic heterocycles. The summed E-state index contributed by atoms with van der Waals surface area (Å²) in [6, 6.07) is 5.21. The number of benzene rings is 1. The van der Waals surface area contributed by atoms with Gasteiger partial charge >= 0.3 is 0 Å². The van der Waals surface area contributed by atoms with Crippen molar-refractivity contribution in [3.05, 3.63) is 32.7 Å². The number of nitrogens with one attached hydrogen (secondary N) is 1. The predicted molar refractivity (Wildman–Crippen MR) is 88.7 cm³/mol. The number of hydrogen-bond donors (Lipinski definition) is 1. The topological polar surface area (TPSA) is 66.5 Å². The number of carbonyl (C=O) groups is 1. The summed E-state index contributed by atoms with van der Waals surface area (Å²) in [5.41, 5.74) is 0.574. The first-order chi connectivity index (χ1) is 9.76. The number of nitrogens with zero attached hydrogens (tertiary/aromatic N) is 1. The van der Waals surface area contributed by atoms with Crippen LogP contribution in [0.1, 0.15) is 23.2 Å². The van der Waals surface area contributed by atoms with Crippen LogP contribution in [0.4, 0.5) is 0 Å². The van der Waals surface area contributed by atoms with Gasteiger partial charge in [0.1, 0.15) is 0 Å². The molecular formula is C13H16Br2N2O3S. The Balaban J connectivity index is 2.14. The van der Waals surface area contributed by atoms with Gasteiger partial charge in [0.2, 0.25) is 10.0 Å². The third-order valence-electron chi connectivity index (χ3n) is 3.25. The molecule has 0 aliphatic carbocycles. The number of hydrogen-bond acceptors (Lipinski definition) is 3. The number of amides is 1. The molecular weight excluding hydrogens is 424 g/mol. The molecule has 21 heavy (non-hydrogen) atoms. The molecule has 1 aliphatic rings. The summed E-state index contributed by atoms with van der Waals surface area (Å²) < 4.78 is 26.8. The van der Waals surface area contributed by atoms with E-state index in [4.69, 9.17) is 0 Å². The SMILES string of the molecule is CS(=O)(=O)NC1CCCN(C(=O)c2cc(Br)ccc2Br)C1. The highest BCUT2D eigenvalue weighted by Gasteiger charge is 2.27. The Hall–Kier alpha value is -0.440. The zero-order valence-electron chi connectivity index (χ0n) is 11.5. The molecule has 0 aromatic heterocycles. The minimum atomic E-state index is -3.26. The second-order valence-electron chi connectivity index (χ2n) is 5.10. The molecule has 1 aromatic rings. The fourth-order valence-corrected chi connectivity index (χ4v) is 3.97. The summed E-state index contributed by atoms with van der Waals surface area (Å²) in [6.07, 6.45) is 2.67. The molecule has 1 heterocycles. The maximum absolute atomic E-state index is 12.6. The standard InChI is InChI=1S/C13H16Br2N2O3S/c1-21(19,20)16-10-3-2-6-17(8-10)13(18)11-7-9(14)4-5-12(11)15/h4-5,7,10,16H,2-3,6,8H2,1H3. The van der Waals surface area contributed by atoms with Crippen LogP contribution >= 0.6 is 31.9 Å².